The monoisotopic (exact) mass is 158 g/mol. The van der Waals surface area contributed by atoms with Crippen LogP contribution in [-0.4, -0.2) is 15.3 Å². The molecule has 62 valence electrons. The predicted octanol–water partition coefficient (Wildman–Crippen LogP) is -0.243. The van der Waals surface area contributed by atoms with Crippen molar-refractivity contribution in [1.29, 1.82) is 0 Å². The van der Waals surface area contributed by atoms with Crippen LogP contribution >= 0.6 is 0 Å². The summed E-state index contributed by atoms with van der Waals surface area (Å²) >= 11 is 0. The van der Waals surface area contributed by atoms with Gasteiger partial charge in [0.2, 0.25) is 0 Å². The third-order valence-electron chi connectivity index (χ3n) is 1.54. The Balaban J connectivity index is 2.99. The molecule has 11 heavy (non-hydrogen) atoms. The molecule has 0 saturated carbocycles. The fraction of sp³-hybridized carbons (Fsp3) is 0.429. The third-order valence-corrected chi connectivity index (χ3v) is 1.54. The lowest BCUT2D eigenvalue weighted by atomic mass is 10.2. The van der Waals surface area contributed by atoms with Crippen LogP contribution in [0.2, 0.25) is 0 Å². The summed E-state index contributed by atoms with van der Waals surface area (Å²) in [7, 11) is 0. The first-order chi connectivity index (χ1) is 5.33. The van der Waals surface area contributed by atoms with Gasteiger partial charge in [-0.05, 0) is 0 Å². The van der Waals surface area contributed by atoms with Crippen LogP contribution in [-0.2, 0) is 19.8 Å². The van der Waals surface area contributed by atoms with Crippen molar-refractivity contribution in [2.24, 2.45) is 0 Å². The Kier molecular flexibility index (Phi) is 2.64. The van der Waals surface area contributed by atoms with E-state index in [4.69, 9.17) is 19.7 Å². The molecule has 0 saturated heterocycles. The number of rotatable bonds is 3. The Labute approximate surface area is 63.7 Å². The summed E-state index contributed by atoms with van der Waals surface area (Å²) in [6.45, 7) is -0.655. The van der Waals surface area contributed by atoms with E-state index in [0.717, 1.165) is 0 Å². The van der Waals surface area contributed by atoms with Gasteiger partial charge in [-0.1, -0.05) is 0 Å². The van der Waals surface area contributed by atoms with Crippen LogP contribution in [0.1, 0.15) is 16.9 Å². The van der Waals surface area contributed by atoms with Crippen molar-refractivity contribution >= 4 is 0 Å². The zero-order chi connectivity index (χ0) is 8.27. The van der Waals surface area contributed by atoms with Crippen molar-refractivity contribution in [3.8, 4) is 0 Å². The summed E-state index contributed by atoms with van der Waals surface area (Å²) in [6, 6.07) is 0. The van der Waals surface area contributed by atoms with Crippen molar-refractivity contribution in [2.45, 2.75) is 19.8 Å². The lowest BCUT2D eigenvalue weighted by Gasteiger charge is -1.96. The molecule has 0 bridgehead atoms. The highest BCUT2D eigenvalue weighted by Crippen LogP contribution is 2.17. The van der Waals surface area contributed by atoms with Crippen LogP contribution in [0.4, 0.5) is 0 Å². The molecule has 0 aliphatic rings. The van der Waals surface area contributed by atoms with Gasteiger partial charge < -0.3 is 19.7 Å². The molecule has 4 heteroatoms. The smallest absolute Gasteiger partial charge is 0.135 e. The van der Waals surface area contributed by atoms with Gasteiger partial charge in [-0.3, -0.25) is 0 Å². The number of aliphatic hydroxyl groups is 3. The quantitative estimate of drug-likeness (QED) is 0.567. The van der Waals surface area contributed by atoms with Gasteiger partial charge in [0.05, 0.1) is 19.5 Å². The second-order valence-electron chi connectivity index (χ2n) is 2.14. The van der Waals surface area contributed by atoms with E-state index in [0.29, 0.717) is 16.9 Å². The summed E-state index contributed by atoms with van der Waals surface area (Å²) in [4.78, 5) is 0. The largest absolute Gasteiger partial charge is 0.466 e. The fourth-order valence-electron chi connectivity index (χ4n) is 0.919. The molecule has 0 radical (unpaired) electrons. The second kappa shape index (κ2) is 3.52. The van der Waals surface area contributed by atoms with E-state index in [9.17, 15) is 0 Å². The molecule has 0 aliphatic heterocycles. The molecular weight excluding hydrogens is 148 g/mol. The Hall–Kier alpha value is -0.840. The number of hydrogen-bond acceptors (Lipinski definition) is 4. The van der Waals surface area contributed by atoms with Crippen molar-refractivity contribution in [3.05, 3.63) is 23.2 Å². The van der Waals surface area contributed by atoms with Gasteiger partial charge in [0, 0.05) is 11.1 Å². The molecule has 0 aromatic carbocycles. The average molecular weight is 158 g/mol. The molecule has 1 rings (SSSR count). The number of aliphatic hydroxyl groups excluding tert-OH is 3. The molecule has 0 spiro atoms. The first-order valence-electron chi connectivity index (χ1n) is 3.24. The Bertz CT molecular complexity index is 207. The second-order valence-corrected chi connectivity index (χ2v) is 2.14. The zero-order valence-electron chi connectivity index (χ0n) is 5.95. The molecule has 0 fully saturated rings. The Morgan fingerprint density at radius 1 is 1.09 bits per heavy atom. The SMILES string of the molecule is OCc1coc(CO)c1CO. The van der Waals surface area contributed by atoms with Gasteiger partial charge in [-0.25, -0.2) is 0 Å². The molecule has 3 N–H and O–H groups in total. The maximum atomic E-state index is 8.77. The molecule has 0 atom stereocenters. The number of furan rings is 1. The van der Waals surface area contributed by atoms with Gasteiger partial charge in [0.15, 0.2) is 0 Å². The Morgan fingerprint density at radius 3 is 2.27 bits per heavy atom. The summed E-state index contributed by atoms with van der Waals surface area (Å²) in [5, 5.41) is 26.1. The van der Waals surface area contributed by atoms with Gasteiger partial charge in [-0.2, -0.15) is 0 Å². The minimum atomic E-state index is -0.254. The van der Waals surface area contributed by atoms with Crippen LogP contribution < -0.4 is 0 Å². The summed E-state index contributed by atoms with van der Waals surface area (Å²) in [5.41, 5.74) is 1.01. The van der Waals surface area contributed by atoms with Gasteiger partial charge in [-0.15, -0.1) is 0 Å². The van der Waals surface area contributed by atoms with E-state index in [1.807, 2.05) is 0 Å². The minimum Gasteiger partial charge on any atom is -0.466 e. The first-order valence-corrected chi connectivity index (χ1v) is 3.24. The highest BCUT2D eigenvalue weighted by Gasteiger charge is 2.10. The van der Waals surface area contributed by atoms with Crippen LogP contribution in [0.3, 0.4) is 0 Å². The minimum absolute atomic E-state index is 0.181. The molecule has 0 aliphatic carbocycles. The normalized spacial score (nSPS) is 10.5. The van der Waals surface area contributed by atoms with Gasteiger partial charge >= 0.3 is 0 Å². The molecule has 0 unspecified atom stereocenters. The van der Waals surface area contributed by atoms with E-state index < -0.39 is 0 Å². The molecule has 4 nitrogen and oxygen atoms in total. The highest BCUT2D eigenvalue weighted by atomic mass is 16.4. The van der Waals surface area contributed by atoms with Crippen molar-refractivity contribution in [1.82, 2.24) is 0 Å². The van der Waals surface area contributed by atoms with Gasteiger partial charge in [0.1, 0.15) is 12.4 Å². The zero-order valence-corrected chi connectivity index (χ0v) is 5.95. The van der Waals surface area contributed by atoms with E-state index >= 15 is 0 Å². The van der Waals surface area contributed by atoms with E-state index in [1.54, 1.807) is 0 Å². The van der Waals surface area contributed by atoms with E-state index in [1.165, 1.54) is 6.26 Å². The summed E-state index contributed by atoms with van der Waals surface area (Å²) in [6.07, 6.45) is 1.33. The maximum Gasteiger partial charge on any atom is 0.135 e. The molecule has 1 aromatic rings. The van der Waals surface area contributed by atoms with Gasteiger partial charge in [0.25, 0.3) is 0 Å². The summed E-state index contributed by atoms with van der Waals surface area (Å²) in [5.74, 6) is 0.316. The molecule has 1 aromatic heterocycles. The van der Waals surface area contributed by atoms with Crippen molar-refractivity contribution in [2.75, 3.05) is 0 Å². The third kappa shape index (κ3) is 1.42. The first kappa shape index (κ1) is 8.26. The molecule has 1 heterocycles. The molecule has 0 amide bonds. The van der Waals surface area contributed by atoms with Crippen LogP contribution in [0.5, 0.6) is 0 Å². The predicted molar refractivity (Wildman–Crippen MR) is 36.5 cm³/mol. The van der Waals surface area contributed by atoms with E-state index in [-0.39, 0.29) is 19.8 Å². The van der Waals surface area contributed by atoms with Crippen molar-refractivity contribution in [3.63, 3.8) is 0 Å². The highest BCUT2D eigenvalue weighted by molar-refractivity contribution is 5.26. The van der Waals surface area contributed by atoms with Crippen molar-refractivity contribution < 1.29 is 19.7 Å². The van der Waals surface area contributed by atoms with E-state index in [2.05, 4.69) is 0 Å². The van der Waals surface area contributed by atoms with Crippen LogP contribution in [0.15, 0.2) is 10.7 Å². The fourth-order valence-corrected chi connectivity index (χ4v) is 0.919. The standard InChI is InChI=1S/C7H10O4/c8-1-5-4-11-7(3-10)6(5)2-9/h4,8-10H,1-3H2. The maximum absolute atomic E-state index is 8.77. The molecular formula is C7H10O4. The number of hydrogen-bond donors (Lipinski definition) is 3. The average Bonchev–Trinajstić information content (AvgIpc) is 2.45. The van der Waals surface area contributed by atoms with Crippen LogP contribution in [0, 0.1) is 0 Å². The topological polar surface area (TPSA) is 73.8 Å². The summed E-state index contributed by atoms with van der Waals surface area (Å²) < 4.78 is 4.86. The lowest BCUT2D eigenvalue weighted by molar-refractivity contribution is 0.231. The lowest BCUT2D eigenvalue weighted by Crippen LogP contribution is -1.93. The Morgan fingerprint density at radius 2 is 1.82 bits per heavy atom. The van der Waals surface area contributed by atoms with Crippen LogP contribution in [0.25, 0.3) is 0 Å².